The molecule has 0 spiro atoms. The van der Waals surface area contributed by atoms with Crippen LogP contribution in [-0.4, -0.2) is 31.9 Å². The van der Waals surface area contributed by atoms with E-state index >= 15 is 0 Å². The Bertz CT molecular complexity index is 541. The van der Waals surface area contributed by atoms with Gasteiger partial charge in [-0.2, -0.15) is 4.31 Å². The number of sulfonamides is 1. The number of hydrogen-bond acceptors (Lipinski definition) is 3. The van der Waals surface area contributed by atoms with Gasteiger partial charge in [0.1, 0.15) is 4.90 Å². The molecule has 0 radical (unpaired) electrons. The van der Waals surface area contributed by atoms with Gasteiger partial charge >= 0.3 is 0 Å². The van der Waals surface area contributed by atoms with Gasteiger partial charge in [-0.15, -0.1) is 12.4 Å². The normalized spacial score (nSPS) is 19.4. The summed E-state index contributed by atoms with van der Waals surface area (Å²) in [5, 5.41) is 0.275. The zero-order valence-electron chi connectivity index (χ0n) is 11.3. The van der Waals surface area contributed by atoms with Crippen molar-refractivity contribution in [3.63, 3.8) is 0 Å². The quantitative estimate of drug-likeness (QED) is 0.920. The van der Waals surface area contributed by atoms with Gasteiger partial charge in [-0.05, 0) is 37.8 Å². The highest BCUT2D eigenvalue weighted by Crippen LogP contribution is 2.28. The van der Waals surface area contributed by atoms with Crippen LogP contribution in [0.25, 0.3) is 0 Å². The minimum absolute atomic E-state index is 0. The lowest BCUT2D eigenvalue weighted by molar-refractivity contribution is 0.251. The molecule has 1 aromatic carbocycles. The number of rotatable bonds is 3. The Morgan fingerprint density at radius 3 is 2.35 bits per heavy atom. The molecule has 7 heteroatoms. The van der Waals surface area contributed by atoms with Gasteiger partial charge in [0.05, 0.1) is 5.02 Å². The standard InChI is InChI=1S/C13H19ClN2O2S.ClH/c1-10(15)11-6-8-16(9-7-11)19(17,18)13-5-3-2-4-12(13)14;/h2-5,10-11H,6-9,15H2,1H3;1H. The molecule has 4 nitrogen and oxygen atoms in total. The van der Waals surface area contributed by atoms with Crippen LogP contribution in [0.4, 0.5) is 0 Å². The van der Waals surface area contributed by atoms with Crippen molar-refractivity contribution in [1.82, 2.24) is 4.31 Å². The average molecular weight is 339 g/mol. The molecule has 20 heavy (non-hydrogen) atoms. The Morgan fingerprint density at radius 2 is 1.85 bits per heavy atom. The van der Waals surface area contributed by atoms with Crippen molar-refractivity contribution in [2.24, 2.45) is 11.7 Å². The molecule has 1 aliphatic rings. The molecule has 1 aromatic rings. The summed E-state index contributed by atoms with van der Waals surface area (Å²) in [6, 6.07) is 6.68. The van der Waals surface area contributed by atoms with E-state index in [1.807, 2.05) is 6.92 Å². The summed E-state index contributed by atoms with van der Waals surface area (Å²) in [7, 11) is -3.48. The maximum Gasteiger partial charge on any atom is 0.244 e. The SMILES string of the molecule is CC(N)C1CCN(S(=O)(=O)c2ccccc2Cl)CC1.Cl. The topological polar surface area (TPSA) is 63.4 Å². The van der Waals surface area contributed by atoms with Crippen molar-refractivity contribution >= 4 is 34.0 Å². The zero-order valence-corrected chi connectivity index (χ0v) is 13.7. The summed E-state index contributed by atoms with van der Waals surface area (Å²) in [6.45, 7) is 3.00. The van der Waals surface area contributed by atoms with Gasteiger partial charge in [-0.25, -0.2) is 8.42 Å². The largest absolute Gasteiger partial charge is 0.328 e. The number of nitrogens with two attached hydrogens (primary N) is 1. The molecule has 1 fully saturated rings. The minimum Gasteiger partial charge on any atom is -0.328 e. The summed E-state index contributed by atoms with van der Waals surface area (Å²) in [5.41, 5.74) is 5.87. The smallest absolute Gasteiger partial charge is 0.244 e. The van der Waals surface area contributed by atoms with Crippen LogP contribution in [0.15, 0.2) is 29.2 Å². The Hall–Kier alpha value is -0.330. The van der Waals surface area contributed by atoms with Gasteiger partial charge < -0.3 is 5.73 Å². The molecule has 1 saturated heterocycles. The van der Waals surface area contributed by atoms with Gasteiger partial charge in [-0.3, -0.25) is 0 Å². The van der Waals surface area contributed by atoms with Crippen LogP contribution in [0.1, 0.15) is 19.8 Å². The molecule has 114 valence electrons. The second-order valence-corrected chi connectivity index (χ2v) is 7.34. The van der Waals surface area contributed by atoms with Crippen molar-refractivity contribution in [2.45, 2.75) is 30.7 Å². The lowest BCUT2D eigenvalue weighted by Crippen LogP contribution is -2.42. The van der Waals surface area contributed by atoms with E-state index in [1.54, 1.807) is 24.3 Å². The number of benzene rings is 1. The van der Waals surface area contributed by atoms with Crippen molar-refractivity contribution < 1.29 is 8.42 Å². The van der Waals surface area contributed by atoms with E-state index < -0.39 is 10.0 Å². The fourth-order valence-electron chi connectivity index (χ4n) is 2.43. The van der Waals surface area contributed by atoms with Gasteiger partial charge in [0.25, 0.3) is 0 Å². The lowest BCUT2D eigenvalue weighted by atomic mass is 9.92. The van der Waals surface area contributed by atoms with Crippen molar-refractivity contribution in [3.05, 3.63) is 29.3 Å². The van der Waals surface area contributed by atoms with E-state index in [-0.39, 0.29) is 28.4 Å². The first-order chi connectivity index (χ1) is 8.93. The molecular weight excluding hydrogens is 319 g/mol. The zero-order chi connectivity index (χ0) is 14.0. The molecule has 2 N–H and O–H groups in total. The third-order valence-corrected chi connectivity index (χ3v) is 6.10. The third-order valence-electron chi connectivity index (χ3n) is 3.70. The summed E-state index contributed by atoms with van der Waals surface area (Å²) in [4.78, 5) is 0.191. The summed E-state index contributed by atoms with van der Waals surface area (Å²) < 4.78 is 26.5. The maximum absolute atomic E-state index is 12.5. The van der Waals surface area contributed by atoms with Crippen LogP contribution in [0.5, 0.6) is 0 Å². The maximum atomic E-state index is 12.5. The monoisotopic (exact) mass is 338 g/mol. The first-order valence-electron chi connectivity index (χ1n) is 6.43. The van der Waals surface area contributed by atoms with Crippen molar-refractivity contribution in [2.75, 3.05) is 13.1 Å². The van der Waals surface area contributed by atoms with Crippen LogP contribution < -0.4 is 5.73 Å². The van der Waals surface area contributed by atoms with Gasteiger partial charge in [0, 0.05) is 19.1 Å². The highest BCUT2D eigenvalue weighted by Gasteiger charge is 2.31. The number of piperidine rings is 1. The molecule has 1 aliphatic heterocycles. The summed E-state index contributed by atoms with van der Waals surface area (Å²) >= 11 is 5.98. The molecule has 0 bridgehead atoms. The van der Waals surface area contributed by atoms with Gasteiger partial charge in [-0.1, -0.05) is 23.7 Å². The number of hydrogen-bond donors (Lipinski definition) is 1. The van der Waals surface area contributed by atoms with Crippen LogP contribution in [0.3, 0.4) is 0 Å². The van der Waals surface area contributed by atoms with E-state index in [2.05, 4.69) is 0 Å². The molecule has 0 amide bonds. The number of nitrogens with zero attached hydrogens (tertiary/aromatic N) is 1. The fourth-order valence-corrected chi connectivity index (χ4v) is 4.40. The van der Waals surface area contributed by atoms with Crippen LogP contribution in [-0.2, 0) is 10.0 Å². The van der Waals surface area contributed by atoms with E-state index in [9.17, 15) is 8.42 Å². The summed E-state index contributed by atoms with van der Waals surface area (Å²) in [5.74, 6) is 0.401. The first-order valence-corrected chi connectivity index (χ1v) is 8.25. The second-order valence-electron chi connectivity index (χ2n) is 5.03. The van der Waals surface area contributed by atoms with Crippen molar-refractivity contribution in [3.8, 4) is 0 Å². The number of halogens is 2. The minimum atomic E-state index is -3.48. The second kappa shape index (κ2) is 7.09. The van der Waals surface area contributed by atoms with E-state index in [4.69, 9.17) is 17.3 Å². The molecular formula is C13H20Cl2N2O2S. The Balaban J connectivity index is 0.00000200. The van der Waals surface area contributed by atoms with Crippen LogP contribution in [0.2, 0.25) is 5.02 Å². The fraction of sp³-hybridized carbons (Fsp3) is 0.538. The van der Waals surface area contributed by atoms with E-state index in [0.29, 0.717) is 19.0 Å². The molecule has 0 aromatic heterocycles. The Labute approximate surface area is 131 Å². The third kappa shape index (κ3) is 3.65. The summed E-state index contributed by atoms with van der Waals surface area (Å²) in [6.07, 6.45) is 1.61. The highest BCUT2D eigenvalue weighted by molar-refractivity contribution is 7.89. The van der Waals surface area contributed by atoms with Crippen LogP contribution >= 0.6 is 24.0 Å². The van der Waals surface area contributed by atoms with E-state index in [0.717, 1.165) is 12.8 Å². The van der Waals surface area contributed by atoms with Gasteiger partial charge in [0.15, 0.2) is 0 Å². The molecule has 2 rings (SSSR count). The molecule has 0 aliphatic carbocycles. The Kier molecular flexibility index (Phi) is 6.28. The molecule has 1 atom stereocenters. The molecule has 0 saturated carbocycles. The molecule has 1 unspecified atom stereocenters. The first kappa shape index (κ1) is 17.7. The predicted molar refractivity (Wildman–Crippen MR) is 83.8 cm³/mol. The molecule has 1 heterocycles. The van der Waals surface area contributed by atoms with Crippen molar-refractivity contribution in [1.29, 1.82) is 0 Å². The predicted octanol–water partition coefficient (Wildman–Crippen LogP) is 2.51. The van der Waals surface area contributed by atoms with Gasteiger partial charge in [0.2, 0.25) is 10.0 Å². The Morgan fingerprint density at radius 1 is 1.30 bits per heavy atom. The highest BCUT2D eigenvalue weighted by atomic mass is 35.5. The van der Waals surface area contributed by atoms with E-state index in [1.165, 1.54) is 4.31 Å². The lowest BCUT2D eigenvalue weighted by Gasteiger charge is -2.33. The van der Waals surface area contributed by atoms with Crippen LogP contribution in [0, 0.1) is 5.92 Å². The average Bonchev–Trinajstić information content (AvgIpc) is 2.39.